The van der Waals surface area contributed by atoms with Gasteiger partial charge < -0.3 is 19.5 Å². The van der Waals surface area contributed by atoms with Crippen LogP contribution in [-0.4, -0.2) is 49.1 Å². The summed E-state index contributed by atoms with van der Waals surface area (Å²) >= 11 is 3.35. The Labute approximate surface area is 175 Å². The number of carbonyl (C=O) groups excluding carboxylic acids is 2. The van der Waals surface area contributed by atoms with Gasteiger partial charge in [0, 0.05) is 19.2 Å². The predicted octanol–water partition coefficient (Wildman–Crippen LogP) is 3.66. The van der Waals surface area contributed by atoms with Gasteiger partial charge in [0.15, 0.2) is 0 Å². The molecule has 1 unspecified atom stereocenters. The molecule has 6 nitrogen and oxygen atoms in total. The smallest absolute Gasteiger partial charge is 0.295 e. The van der Waals surface area contributed by atoms with Gasteiger partial charge >= 0.3 is 0 Å². The number of benzene rings is 2. The van der Waals surface area contributed by atoms with Gasteiger partial charge in [-0.3, -0.25) is 9.59 Å². The highest BCUT2D eigenvalue weighted by molar-refractivity contribution is 9.10. The summed E-state index contributed by atoms with van der Waals surface area (Å²) in [7, 11) is 2.99. The Hall–Kier alpha value is -2.71. The molecule has 1 fully saturated rings. The molecule has 1 saturated heterocycles. The van der Waals surface area contributed by atoms with E-state index < -0.39 is 23.5 Å². The molecular formula is C21H19BrFNO5. The summed E-state index contributed by atoms with van der Waals surface area (Å²) in [5.41, 5.74) is 0.792. The van der Waals surface area contributed by atoms with Crippen LogP contribution in [0.2, 0.25) is 0 Å². The van der Waals surface area contributed by atoms with Crippen molar-refractivity contribution in [3.8, 4) is 5.75 Å². The maximum atomic E-state index is 13.4. The number of rotatable bonds is 6. The normalized spacial score (nSPS) is 18.3. The third-order valence-electron chi connectivity index (χ3n) is 4.69. The molecule has 1 amide bonds. The van der Waals surface area contributed by atoms with Crippen molar-refractivity contribution in [2.45, 2.75) is 6.04 Å². The first-order valence-electron chi connectivity index (χ1n) is 8.75. The van der Waals surface area contributed by atoms with Crippen LogP contribution >= 0.6 is 15.9 Å². The summed E-state index contributed by atoms with van der Waals surface area (Å²) in [5.74, 6) is -1.76. The zero-order valence-electron chi connectivity index (χ0n) is 15.8. The van der Waals surface area contributed by atoms with E-state index in [1.54, 1.807) is 18.2 Å². The molecule has 0 aromatic heterocycles. The topological polar surface area (TPSA) is 76.1 Å². The molecule has 8 heteroatoms. The molecule has 2 aromatic carbocycles. The Morgan fingerprint density at radius 2 is 1.86 bits per heavy atom. The van der Waals surface area contributed by atoms with Gasteiger partial charge in [0.2, 0.25) is 0 Å². The van der Waals surface area contributed by atoms with E-state index in [1.807, 2.05) is 0 Å². The van der Waals surface area contributed by atoms with Crippen LogP contribution in [-0.2, 0) is 14.3 Å². The average molecular weight is 464 g/mol. The van der Waals surface area contributed by atoms with E-state index in [9.17, 15) is 19.1 Å². The molecule has 0 radical (unpaired) electrons. The van der Waals surface area contributed by atoms with Gasteiger partial charge in [-0.15, -0.1) is 0 Å². The third-order valence-corrected chi connectivity index (χ3v) is 5.31. The van der Waals surface area contributed by atoms with Gasteiger partial charge in [0.1, 0.15) is 17.3 Å². The molecule has 1 atom stereocenters. The lowest BCUT2D eigenvalue weighted by molar-refractivity contribution is -0.140. The number of aliphatic hydroxyl groups is 1. The Kier molecular flexibility index (Phi) is 6.34. The van der Waals surface area contributed by atoms with E-state index in [1.165, 1.54) is 43.4 Å². The number of hydrogen-bond donors (Lipinski definition) is 1. The Morgan fingerprint density at radius 3 is 2.45 bits per heavy atom. The minimum atomic E-state index is -0.855. The van der Waals surface area contributed by atoms with Crippen molar-refractivity contribution >= 4 is 33.4 Å². The Balaban J connectivity index is 2.15. The first-order chi connectivity index (χ1) is 13.9. The number of likely N-dealkylation sites (tertiary alicyclic amines) is 1. The molecule has 3 rings (SSSR count). The largest absolute Gasteiger partial charge is 0.507 e. The second-order valence-corrected chi connectivity index (χ2v) is 7.24. The molecule has 2 aromatic rings. The summed E-state index contributed by atoms with van der Waals surface area (Å²) in [6.07, 6.45) is 0. The highest BCUT2D eigenvalue weighted by Gasteiger charge is 2.45. The lowest BCUT2D eigenvalue weighted by Gasteiger charge is -2.25. The zero-order chi connectivity index (χ0) is 21.1. The molecule has 1 aliphatic heterocycles. The molecule has 0 saturated carbocycles. The van der Waals surface area contributed by atoms with Gasteiger partial charge in [-0.2, -0.15) is 0 Å². The number of amides is 1. The van der Waals surface area contributed by atoms with Crippen LogP contribution in [0.5, 0.6) is 5.75 Å². The van der Waals surface area contributed by atoms with Crippen LogP contribution < -0.4 is 4.74 Å². The van der Waals surface area contributed by atoms with E-state index in [4.69, 9.17) is 9.47 Å². The van der Waals surface area contributed by atoms with Crippen LogP contribution in [0.1, 0.15) is 17.2 Å². The summed E-state index contributed by atoms with van der Waals surface area (Å²) in [6, 6.07) is 9.43. The number of nitrogens with zero attached hydrogens (tertiary/aromatic N) is 1. The molecular weight excluding hydrogens is 445 g/mol. The van der Waals surface area contributed by atoms with Crippen molar-refractivity contribution in [3.63, 3.8) is 0 Å². The Morgan fingerprint density at radius 1 is 1.17 bits per heavy atom. The molecule has 1 N–H and O–H groups in total. The first kappa shape index (κ1) is 21.0. The highest BCUT2D eigenvalue weighted by atomic mass is 79.9. The van der Waals surface area contributed by atoms with Crippen molar-refractivity contribution < 1.29 is 28.6 Å². The molecule has 1 heterocycles. The van der Waals surface area contributed by atoms with Gasteiger partial charge in [-0.05, 0) is 51.8 Å². The summed E-state index contributed by atoms with van der Waals surface area (Å²) < 4.78 is 24.2. The second-order valence-electron chi connectivity index (χ2n) is 6.39. The standard InChI is InChI=1S/C21H19BrFNO5/c1-28-10-9-24-18(12-3-6-14(23)7-4-12)17(20(26)21(24)27)19(25)13-5-8-16(29-2)15(22)11-13/h3-8,11,18,25H,9-10H2,1-2H3/b19-17-. The lowest BCUT2D eigenvalue weighted by atomic mass is 9.95. The van der Waals surface area contributed by atoms with E-state index >= 15 is 0 Å². The fourth-order valence-corrected chi connectivity index (χ4v) is 3.80. The molecule has 0 spiro atoms. The fraction of sp³-hybridized carbons (Fsp3) is 0.238. The molecule has 0 aliphatic carbocycles. The molecule has 29 heavy (non-hydrogen) atoms. The van der Waals surface area contributed by atoms with E-state index in [-0.39, 0.29) is 24.5 Å². The number of Topliss-reactive ketones (excluding diaryl/α,β-unsaturated/α-hetero) is 1. The zero-order valence-corrected chi connectivity index (χ0v) is 17.4. The second kappa shape index (κ2) is 8.75. The number of hydrogen-bond acceptors (Lipinski definition) is 5. The van der Waals surface area contributed by atoms with Crippen LogP contribution in [0.15, 0.2) is 52.5 Å². The molecule has 0 bridgehead atoms. The van der Waals surface area contributed by atoms with Crippen LogP contribution in [0.3, 0.4) is 0 Å². The van der Waals surface area contributed by atoms with Crippen molar-refractivity contribution in [3.05, 3.63) is 69.5 Å². The van der Waals surface area contributed by atoms with E-state index in [0.717, 1.165) is 0 Å². The summed E-state index contributed by atoms with van der Waals surface area (Å²) in [6.45, 7) is 0.352. The summed E-state index contributed by atoms with van der Waals surface area (Å²) in [5, 5.41) is 10.9. The van der Waals surface area contributed by atoms with Crippen molar-refractivity contribution in [1.82, 2.24) is 4.90 Å². The monoisotopic (exact) mass is 463 g/mol. The number of halogens is 2. The number of ether oxygens (including phenoxy) is 2. The fourth-order valence-electron chi connectivity index (χ4n) is 3.26. The number of carbonyl (C=O) groups is 2. The van der Waals surface area contributed by atoms with Crippen molar-refractivity contribution in [1.29, 1.82) is 0 Å². The quantitative estimate of drug-likeness (QED) is 0.401. The van der Waals surface area contributed by atoms with Crippen LogP contribution in [0.25, 0.3) is 5.76 Å². The molecule has 152 valence electrons. The number of aliphatic hydroxyl groups excluding tert-OH is 1. The SMILES string of the molecule is COCCN1C(=O)C(=O)/C(=C(\O)c2ccc(OC)c(Br)c2)C1c1ccc(F)cc1. The predicted molar refractivity (Wildman–Crippen MR) is 108 cm³/mol. The maximum absolute atomic E-state index is 13.4. The van der Waals surface area contributed by atoms with Crippen molar-refractivity contribution in [2.24, 2.45) is 0 Å². The Bertz CT molecular complexity index is 974. The van der Waals surface area contributed by atoms with Gasteiger partial charge in [0.05, 0.1) is 29.8 Å². The van der Waals surface area contributed by atoms with Gasteiger partial charge in [0.25, 0.3) is 11.7 Å². The van der Waals surface area contributed by atoms with Crippen molar-refractivity contribution in [2.75, 3.05) is 27.4 Å². The van der Waals surface area contributed by atoms with E-state index in [0.29, 0.717) is 21.3 Å². The first-order valence-corrected chi connectivity index (χ1v) is 9.55. The van der Waals surface area contributed by atoms with Crippen LogP contribution in [0.4, 0.5) is 4.39 Å². The van der Waals surface area contributed by atoms with E-state index in [2.05, 4.69) is 15.9 Å². The van der Waals surface area contributed by atoms with Crippen LogP contribution in [0, 0.1) is 5.82 Å². The van der Waals surface area contributed by atoms with Gasteiger partial charge in [-0.25, -0.2) is 4.39 Å². The number of ketones is 1. The summed E-state index contributed by atoms with van der Waals surface area (Å²) in [4.78, 5) is 26.8. The molecule has 1 aliphatic rings. The minimum Gasteiger partial charge on any atom is -0.507 e. The lowest BCUT2D eigenvalue weighted by Crippen LogP contribution is -2.32. The number of methoxy groups -OCH3 is 2. The minimum absolute atomic E-state index is 0.0604. The van der Waals surface area contributed by atoms with Gasteiger partial charge in [-0.1, -0.05) is 12.1 Å². The average Bonchev–Trinajstić information content (AvgIpc) is 2.96. The third kappa shape index (κ3) is 4.04. The highest BCUT2D eigenvalue weighted by Crippen LogP contribution is 2.40. The maximum Gasteiger partial charge on any atom is 0.295 e.